The molecule has 0 saturated heterocycles. The van der Waals surface area contributed by atoms with Gasteiger partial charge in [0.05, 0.1) is 6.20 Å². The molecule has 20 heavy (non-hydrogen) atoms. The second-order valence-electron chi connectivity index (χ2n) is 3.88. The first-order valence-electron chi connectivity index (χ1n) is 5.70. The number of H-pyrrole nitrogens is 1. The van der Waals surface area contributed by atoms with E-state index >= 15 is 0 Å². The molecule has 0 spiro atoms. The fourth-order valence-electron chi connectivity index (χ4n) is 1.53. The third-order valence-electron chi connectivity index (χ3n) is 2.55. The lowest BCUT2D eigenvalue weighted by Crippen LogP contribution is -2.23. The normalized spacial score (nSPS) is 10.5. The Balaban J connectivity index is 2.03. The minimum atomic E-state index is -0.739. The molecule has 0 aromatic carbocycles. The van der Waals surface area contributed by atoms with E-state index < -0.39 is 16.6 Å². The van der Waals surface area contributed by atoms with Crippen LogP contribution in [0.15, 0.2) is 12.4 Å². The first-order chi connectivity index (χ1) is 9.52. The van der Waals surface area contributed by atoms with E-state index in [1.165, 1.54) is 0 Å². The number of carbonyl (C=O) groups is 1. The first kappa shape index (κ1) is 14.0. The Labute approximate surface area is 118 Å². The number of halogens is 1. The number of aromatic nitrogens is 4. The van der Waals surface area contributed by atoms with Gasteiger partial charge in [0.1, 0.15) is 0 Å². The number of aromatic amines is 1. The van der Waals surface area contributed by atoms with Crippen molar-refractivity contribution in [3.05, 3.63) is 38.8 Å². The summed E-state index contributed by atoms with van der Waals surface area (Å²) in [4.78, 5) is 21.7. The van der Waals surface area contributed by atoms with Crippen molar-refractivity contribution in [3.63, 3.8) is 0 Å². The molecule has 0 aliphatic carbocycles. The Morgan fingerprint density at radius 1 is 1.65 bits per heavy atom. The van der Waals surface area contributed by atoms with Gasteiger partial charge in [0.25, 0.3) is 5.91 Å². The van der Waals surface area contributed by atoms with Gasteiger partial charge in [-0.3, -0.25) is 9.48 Å². The fraction of sp³-hybridized carbons (Fsp3) is 0.300. The summed E-state index contributed by atoms with van der Waals surface area (Å²) in [5.41, 5.74) is 0.600. The molecule has 0 saturated carbocycles. The number of carbonyl (C=O) groups excluding carboxylic acids is 1. The highest BCUT2D eigenvalue weighted by atomic mass is 35.5. The summed E-state index contributed by atoms with van der Waals surface area (Å²) in [5.74, 6) is -1.10. The molecule has 2 N–H and O–H groups in total. The van der Waals surface area contributed by atoms with E-state index in [1.807, 2.05) is 6.92 Å². The van der Waals surface area contributed by atoms with Gasteiger partial charge in [0.2, 0.25) is 0 Å². The van der Waals surface area contributed by atoms with E-state index in [0.717, 1.165) is 12.1 Å². The van der Waals surface area contributed by atoms with Gasteiger partial charge in [-0.25, -0.2) is 0 Å². The van der Waals surface area contributed by atoms with E-state index in [4.69, 9.17) is 11.6 Å². The van der Waals surface area contributed by atoms with Crippen LogP contribution in [0, 0.1) is 10.1 Å². The standard InChI is InChI=1S/C10H11ClN6O3/c1-2-16-5-6(4-13-16)3-12-10(18)8-7(11)9(15-14-8)17(19)20/h4-5H,2-3H2,1H3,(H,12,18)(H,14,15). The molecule has 0 radical (unpaired) electrons. The lowest BCUT2D eigenvalue weighted by molar-refractivity contribution is -0.389. The molecule has 2 aromatic rings. The minimum absolute atomic E-state index is 0.207. The van der Waals surface area contributed by atoms with Gasteiger partial charge in [-0.05, 0) is 11.8 Å². The smallest absolute Gasteiger partial charge is 0.358 e. The Bertz CT molecular complexity index is 649. The van der Waals surface area contributed by atoms with Crippen LogP contribution in [0.2, 0.25) is 5.02 Å². The average Bonchev–Trinajstić information content (AvgIpc) is 3.02. The van der Waals surface area contributed by atoms with Crippen molar-refractivity contribution < 1.29 is 9.72 Å². The van der Waals surface area contributed by atoms with Crippen LogP contribution in [-0.2, 0) is 13.1 Å². The number of amides is 1. The second-order valence-corrected chi connectivity index (χ2v) is 4.26. The van der Waals surface area contributed by atoms with E-state index in [1.54, 1.807) is 17.1 Å². The van der Waals surface area contributed by atoms with Crippen molar-refractivity contribution in [1.29, 1.82) is 0 Å². The Kier molecular flexibility index (Phi) is 3.99. The number of aryl methyl sites for hydroxylation is 1. The van der Waals surface area contributed by atoms with Gasteiger partial charge >= 0.3 is 5.82 Å². The van der Waals surface area contributed by atoms with Crippen molar-refractivity contribution in [2.24, 2.45) is 0 Å². The van der Waals surface area contributed by atoms with E-state index in [9.17, 15) is 14.9 Å². The molecule has 1 amide bonds. The third-order valence-corrected chi connectivity index (χ3v) is 2.91. The summed E-state index contributed by atoms with van der Waals surface area (Å²) in [6.45, 7) is 2.90. The predicted molar refractivity (Wildman–Crippen MR) is 69.3 cm³/mol. The highest BCUT2D eigenvalue weighted by Crippen LogP contribution is 2.24. The maximum Gasteiger partial charge on any atom is 0.362 e. The molecule has 0 aliphatic heterocycles. The van der Waals surface area contributed by atoms with Crippen LogP contribution in [0.25, 0.3) is 0 Å². The fourth-order valence-corrected chi connectivity index (χ4v) is 1.77. The van der Waals surface area contributed by atoms with Gasteiger partial charge in [-0.2, -0.15) is 5.10 Å². The van der Waals surface area contributed by atoms with E-state index in [2.05, 4.69) is 20.6 Å². The summed E-state index contributed by atoms with van der Waals surface area (Å²) in [5, 5.41) is 22.5. The average molecular weight is 299 g/mol. The molecular weight excluding hydrogens is 288 g/mol. The number of nitrogens with zero attached hydrogens (tertiary/aromatic N) is 4. The van der Waals surface area contributed by atoms with Gasteiger partial charge < -0.3 is 15.4 Å². The van der Waals surface area contributed by atoms with E-state index in [-0.39, 0.29) is 17.3 Å². The molecular formula is C10H11ClN6O3. The number of hydrogen-bond acceptors (Lipinski definition) is 5. The second kappa shape index (κ2) is 5.70. The zero-order chi connectivity index (χ0) is 14.7. The zero-order valence-electron chi connectivity index (χ0n) is 10.5. The van der Waals surface area contributed by atoms with Crippen molar-refractivity contribution >= 4 is 23.3 Å². The van der Waals surface area contributed by atoms with Crippen LogP contribution in [-0.4, -0.2) is 30.8 Å². The topological polar surface area (TPSA) is 119 Å². The quantitative estimate of drug-likeness (QED) is 0.633. The van der Waals surface area contributed by atoms with Crippen molar-refractivity contribution in [1.82, 2.24) is 25.3 Å². The number of rotatable bonds is 5. The maximum absolute atomic E-state index is 11.8. The third kappa shape index (κ3) is 2.77. The first-order valence-corrected chi connectivity index (χ1v) is 6.08. The molecule has 0 bridgehead atoms. The summed E-state index contributed by atoms with van der Waals surface area (Å²) >= 11 is 5.71. The molecule has 2 heterocycles. The number of hydrogen-bond donors (Lipinski definition) is 2. The molecule has 0 fully saturated rings. The molecule has 9 nitrogen and oxygen atoms in total. The highest BCUT2D eigenvalue weighted by molar-refractivity contribution is 6.35. The summed E-state index contributed by atoms with van der Waals surface area (Å²) in [6.07, 6.45) is 3.41. The summed E-state index contributed by atoms with van der Waals surface area (Å²) < 4.78 is 1.72. The molecule has 0 unspecified atom stereocenters. The highest BCUT2D eigenvalue weighted by Gasteiger charge is 2.24. The zero-order valence-corrected chi connectivity index (χ0v) is 11.2. The van der Waals surface area contributed by atoms with Crippen LogP contribution in [0.5, 0.6) is 0 Å². The SMILES string of the molecule is CCn1cc(CNC(=O)c2n[nH]c([N+](=O)[O-])c2Cl)cn1. The number of nitro groups is 1. The Hall–Kier alpha value is -2.42. The van der Waals surface area contributed by atoms with Gasteiger partial charge in [0, 0.05) is 24.8 Å². The van der Waals surface area contributed by atoms with Gasteiger partial charge in [0.15, 0.2) is 10.7 Å². The number of nitrogens with one attached hydrogen (secondary N) is 2. The monoisotopic (exact) mass is 298 g/mol. The molecule has 2 rings (SSSR count). The van der Waals surface area contributed by atoms with Crippen LogP contribution in [0.4, 0.5) is 5.82 Å². The van der Waals surface area contributed by atoms with Crippen molar-refractivity contribution in [2.75, 3.05) is 0 Å². The van der Waals surface area contributed by atoms with E-state index in [0.29, 0.717) is 0 Å². The Morgan fingerprint density at radius 2 is 2.40 bits per heavy atom. The summed E-state index contributed by atoms with van der Waals surface area (Å²) in [7, 11) is 0. The molecule has 10 heteroatoms. The van der Waals surface area contributed by atoms with Crippen molar-refractivity contribution in [2.45, 2.75) is 20.0 Å². The Morgan fingerprint density at radius 3 is 2.95 bits per heavy atom. The minimum Gasteiger partial charge on any atom is -0.358 e. The van der Waals surface area contributed by atoms with Gasteiger partial charge in [-0.15, -0.1) is 5.10 Å². The summed E-state index contributed by atoms with van der Waals surface area (Å²) in [6, 6.07) is 0. The molecule has 106 valence electrons. The molecule has 0 atom stereocenters. The van der Waals surface area contributed by atoms with Crippen LogP contribution >= 0.6 is 11.6 Å². The van der Waals surface area contributed by atoms with Crippen molar-refractivity contribution in [3.8, 4) is 0 Å². The molecule has 2 aromatic heterocycles. The molecule has 0 aliphatic rings. The van der Waals surface area contributed by atoms with Crippen LogP contribution in [0.1, 0.15) is 23.0 Å². The predicted octanol–water partition coefficient (Wildman–Crippen LogP) is 1.12. The van der Waals surface area contributed by atoms with Crippen LogP contribution < -0.4 is 5.32 Å². The van der Waals surface area contributed by atoms with Gasteiger partial charge in [-0.1, -0.05) is 16.7 Å². The maximum atomic E-state index is 11.8. The lowest BCUT2D eigenvalue weighted by Gasteiger charge is -2.00. The lowest BCUT2D eigenvalue weighted by atomic mass is 10.3. The largest absolute Gasteiger partial charge is 0.362 e. The van der Waals surface area contributed by atoms with Crippen LogP contribution in [0.3, 0.4) is 0 Å².